The van der Waals surface area contributed by atoms with Gasteiger partial charge in [0, 0.05) is 23.1 Å². The molecule has 2 N–H and O–H groups in total. The van der Waals surface area contributed by atoms with Gasteiger partial charge in [0.25, 0.3) is 0 Å². The van der Waals surface area contributed by atoms with E-state index in [1.54, 1.807) is 0 Å². The molecule has 0 radical (unpaired) electrons. The summed E-state index contributed by atoms with van der Waals surface area (Å²) in [5.41, 5.74) is 2.17. The van der Waals surface area contributed by atoms with Crippen LogP contribution in [0.3, 0.4) is 0 Å². The van der Waals surface area contributed by atoms with E-state index in [0.717, 1.165) is 16.7 Å². The minimum Gasteiger partial charge on any atom is -0.392 e. The van der Waals surface area contributed by atoms with E-state index in [2.05, 4.69) is 19.2 Å². The highest BCUT2D eigenvalue weighted by molar-refractivity contribution is 6.03. The maximum atomic E-state index is 12.4. The van der Waals surface area contributed by atoms with Gasteiger partial charge in [-0.1, -0.05) is 24.3 Å². The molecule has 2 rings (SSSR count). The molecule has 0 amide bonds. The summed E-state index contributed by atoms with van der Waals surface area (Å²) in [5.74, 6) is 0.199. The van der Waals surface area contributed by atoms with E-state index in [0.29, 0.717) is 6.42 Å². The normalized spacial score (nSPS) is 23.1. The number of Topliss-reactive ketones (excluding diaryl/α,β-unsaturated/α-hetero) is 1. The molecule has 3 nitrogen and oxygen atoms in total. The minimum atomic E-state index is -0.339. The Labute approximate surface area is 120 Å². The number of rotatable bonds is 2. The molecule has 20 heavy (non-hydrogen) atoms. The monoisotopic (exact) mass is 273 g/mol. The number of nitrogens with one attached hydrogen (secondary N) is 1. The lowest BCUT2D eigenvalue weighted by Gasteiger charge is -2.43. The Hall–Kier alpha value is -1.45. The smallest absolute Gasteiger partial charge is 0.162 e. The van der Waals surface area contributed by atoms with Crippen molar-refractivity contribution in [2.24, 2.45) is 0 Å². The van der Waals surface area contributed by atoms with Crippen LogP contribution in [0.1, 0.15) is 45.2 Å². The molecular formula is C17H23NO2. The van der Waals surface area contributed by atoms with Crippen LogP contribution in [0.15, 0.2) is 29.8 Å². The van der Waals surface area contributed by atoms with Gasteiger partial charge in [-0.25, -0.2) is 0 Å². The Morgan fingerprint density at radius 1 is 1.20 bits per heavy atom. The van der Waals surface area contributed by atoms with E-state index in [9.17, 15) is 4.79 Å². The molecule has 0 atom stereocenters. The van der Waals surface area contributed by atoms with E-state index in [-0.39, 0.29) is 23.5 Å². The molecular weight excluding hydrogens is 250 g/mol. The largest absolute Gasteiger partial charge is 0.392 e. The number of hydrogen-bond acceptors (Lipinski definition) is 3. The lowest BCUT2D eigenvalue weighted by Crippen LogP contribution is -2.59. The predicted octanol–water partition coefficient (Wildman–Crippen LogP) is 2.68. The SMILES string of the molecule is CC1(C)CC(=O)C(=Cc2ccc(CO)cc2)C(C)(C)N1. The van der Waals surface area contributed by atoms with Crippen LogP contribution in [0, 0.1) is 0 Å². The molecule has 1 aliphatic heterocycles. The lowest BCUT2D eigenvalue weighted by atomic mass is 9.77. The summed E-state index contributed by atoms with van der Waals surface area (Å²) in [6.07, 6.45) is 2.46. The third-order valence-corrected chi connectivity index (χ3v) is 3.70. The van der Waals surface area contributed by atoms with Gasteiger partial charge in [-0.15, -0.1) is 0 Å². The van der Waals surface area contributed by atoms with Crippen molar-refractivity contribution in [3.8, 4) is 0 Å². The van der Waals surface area contributed by atoms with Gasteiger partial charge in [0.1, 0.15) is 0 Å². The van der Waals surface area contributed by atoms with Crippen LogP contribution < -0.4 is 5.32 Å². The average Bonchev–Trinajstić information content (AvgIpc) is 2.32. The van der Waals surface area contributed by atoms with Crippen LogP contribution in [-0.4, -0.2) is 22.0 Å². The molecule has 0 aromatic heterocycles. The summed E-state index contributed by atoms with van der Waals surface area (Å²) in [5, 5.41) is 12.6. The molecule has 1 fully saturated rings. The molecule has 1 saturated heterocycles. The third-order valence-electron chi connectivity index (χ3n) is 3.70. The fraction of sp³-hybridized carbons (Fsp3) is 0.471. The van der Waals surface area contributed by atoms with Crippen molar-refractivity contribution in [2.45, 2.75) is 51.8 Å². The second kappa shape index (κ2) is 5.15. The number of ketones is 1. The number of piperidine rings is 1. The van der Waals surface area contributed by atoms with Gasteiger partial charge < -0.3 is 10.4 Å². The topological polar surface area (TPSA) is 49.3 Å². The molecule has 0 spiro atoms. The van der Waals surface area contributed by atoms with Gasteiger partial charge in [0.05, 0.1) is 6.61 Å². The Balaban J connectivity index is 2.34. The van der Waals surface area contributed by atoms with Crippen molar-refractivity contribution < 1.29 is 9.90 Å². The summed E-state index contributed by atoms with van der Waals surface area (Å²) in [4.78, 5) is 12.4. The first-order valence-corrected chi connectivity index (χ1v) is 6.98. The minimum absolute atomic E-state index is 0.0387. The summed E-state index contributed by atoms with van der Waals surface area (Å²) in [6.45, 7) is 8.23. The van der Waals surface area contributed by atoms with Crippen molar-refractivity contribution in [1.29, 1.82) is 0 Å². The second-order valence-electron chi connectivity index (χ2n) is 6.69. The Kier molecular flexibility index (Phi) is 3.85. The fourth-order valence-corrected chi connectivity index (χ4v) is 2.95. The van der Waals surface area contributed by atoms with Gasteiger partial charge in [-0.2, -0.15) is 0 Å². The Bertz CT molecular complexity index is 539. The van der Waals surface area contributed by atoms with E-state index in [4.69, 9.17) is 5.11 Å². The zero-order valence-corrected chi connectivity index (χ0v) is 12.7. The van der Waals surface area contributed by atoms with Gasteiger partial charge in [-0.3, -0.25) is 4.79 Å². The van der Waals surface area contributed by atoms with E-state index in [1.165, 1.54) is 0 Å². The first-order valence-electron chi connectivity index (χ1n) is 6.98. The van der Waals surface area contributed by atoms with Crippen LogP contribution in [0.4, 0.5) is 0 Å². The van der Waals surface area contributed by atoms with Crippen LogP contribution in [0.2, 0.25) is 0 Å². The van der Waals surface area contributed by atoms with E-state index < -0.39 is 0 Å². The highest BCUT2D eigenvalue weighted by Crippen LogP contribution is 2.31. The first-order chi connectivity index (χ1) is 9.23. The quantitative estimate of drug-likeness (QED) is 0.815. The number of hydrogen-bond donors (Lipinski definition) is 2. The van der Waals surface area contributed by atoms with E-state index in [1.807, 2.05) is 44.2 Å². The number of aliphatic hydroxyl groups excluding tert-OH is 1. The summed E-state index contributed by atoms with van der Waals surface area (Å²) in [6, 6.07) is 7.62. The van der Waals surface area contributed by atoms with Crippen molar-refractivity contribution in [3.05, 3.63) is 41.0 Å². The third kappa shape index (κ3) is 3.17. The predicted molar refractivity (Wildman–Crippen MR) is 81.3 cm³/mol. The van der Waals surface area contributed by atoms with Gasteiger partial charge in [-0.05, 0) is 44.9 Å². The summed E-state index contributed by atoms with van der Waals surface area (Å²) in [7, 11) is 0. The number of carbonyl (C=O) groups is 1. The summed E-state index contributed by atoms with van der Waals surface area (Å²) >= 11 is 0. The summed E-state index contributed by atoms with van der Waals surface area (Å²) < 4.78 is 0. The van der Waals surface area contributed by atoms with Crippen LogP contribution >= 0.6 is 0 Å². The molecule has 0 saturated carbocycles. The average molecular weight is 273 g/mol. The van der Waals surface area contributed by atoms with E-state index >= 15 is 0 Å². The van der Waals surface area contributed by atoms with Gasteiger partial charge in [0.2, 0.25) is 0 Å². The number of carbonyl (C=O) groups excluding carboxylic acids is 1. The zero-order chi connectivity index (χ0) is 15.0. The van der Waals surface area contributed by atoms with Crippen molar-refractivity contribution in [3.63, 3.8) is 0 Å². The van der Waals surface area contributed by atoms with Crippen LogP contribution in [0.5, 0.6) is 0 Å². The zero-order valence-electron chi connectivity index (χ0n) is 12.7. The van der Waals surface area contributed by atoms with Gasteiger partial charge >= 0.3 is 0 Å². The van der Waals surface area contributed by atoms with Crippen LogP contribution in [-0.2, 0) is 11.4 Å². The molecule has 3 heteroatoms. The molecule has 1 aliphatic rings. The maximum Gasteiger partial charge on any atom is 0.162 e. The second-order valence-corrected chi connectivity index (χ2v) is 6.69. The molecule has 0 unspecified atom stereocenters. The van der Waals surface area contributed by atoms with Crippen LogP contribution in [0.25, 0.3) is 6.08 Å². The Morgan fingerprint density at radius 2 is 1.80 bits per heavy atom. The Morgan fingerprint density at radius 3 is 2.30 bits per heavy atom. The standard InChI is InChI=1S/C17H23NO2/c1-16(2)10-15(20)14(17(3,4)18-16)9-12-5-7-13(11-19)8-6-12/h5-9,18-19H,10-11H2,1-4H3. The molecule has 1 aromatic carbocycles. The number of aliphatic hydroxyl groups is 1. The molecule has 0 bridgehead atoms. The highest BCUT2D eigenvalue weighted by atomic mass is 16.3. The van der Waals surface area contributed by atoms with Crippen molar-refractivity contribution in [2.75, 3.05) is 0 Å². The highest BCUT2D eigenvalue weighted by Gasteiger charge is 2.40. The molecule has 1 heterocycles. The molecule has 1 aromatic rings. The lowest BCUT2D eigenvalue weighted by molar-refractivity contribution is -0.119. The number of benzene rings is 1. The maximum absolute atomic E-state index is 12.4. The molecule has 108 valence electrons. The molecule has 0 aliphatic carbocycles. The van der Waals surface area contributed by atoms with Crippen molar-refractivity contribution in [1.82, 2.24) is 5.32 Å². The first kappa shape index (κ1) is 14.9. The van der Waals surface area contributed by atoms with Crippen molar-refractivity contribution >= 4 is 11.9 Å². The fourth-order valence-electron chi connectivity index (χ4n) is 2.95. The van der Waals surface area contributed by atoms with Gasteiger partial charge in [0.15, 0.2) is 5.78 Å².